The Morgan fingerprint density at radius 2 is 1.93 bits per heavy atom. The fourth-order valence-electron chi connectivity index (χ4n) is 4.59. The highest BCUT2D eigenvalue weighted by Gasteiger charge is 2.47. The maximum Gasteiger partial charge on any atom is 0.315 e. The molecule has 1 aromatic heterocycles. The number of nitrogens with zero attached hydrogens (tertiary/aromatic N) is 2. The largest absolute Gasteiger partial charge is 0.468 e. The number of nitrogens with one attached hydrogen (secondary N) is 1. The number of methoxy groups -OCH3 is 1. The summed E-state index contributed by atoms with van der Waals surface area (Å²) in [6.07, 6.45) is 2.67. The molecule has 4 rings (SSSR count). The summed E-state index contributed by atoms with van der Waals surface area (Å²) >= 11 is 0. The number of esters is 1. The Bertz CT molecular complexity index is 1080. The zero-order chi connectivity index (χ0) is 21.6. The summed E-state index contributed by atoms with van der Waals surface area (Å²) in [4.78, 5) is 30.7. The van der Waals surface area contributed by atoms with Gasteiger partial charge in [0.15, 0.2) is 5.78 Å². The molecule has 1 aromatic carbocycles. The number of ketones is 1. The van der Waals surface area contributed by atoms with Gasteiger partial charge in [0.2, 0.25) is 0 Å². The normalized spacial score (nSPS) is 23.1. The smallest absolute Gasteiger partial charge is 0.315 e. The van der Waals surface area contributed by atoms with Crippen molar-refractivity contribution in [3.8, 4) is 11.3 Å². The van der Waals surface area contributed by atoms with Crippen LogP contribution in [-0.2, 0) is 14.3 Å². The highest BCUT2D eigenvalue weighted by Crippen LogP contribution is 2.49. The van der Waals surface area contributed by atoms with E-state index in [1.165, 1.54) is 19.2 Å². The van der Waals surface area contributed by atoms with Crippen molar-refractivity contribution >= 4 is 17.5 Å². The van der Waals surface area contributed by atoms with Crippen LogP contribution in [-0.4, -0.2) is 34.8 Å². The molecule has 0 radical (unpaired) electrons. The molecule has 2 atom stereocenters. The number of rotatable bonds is 3. The lowest BCUT2D eigenvalue weighted by atomic mass is 9.66. The predicted octanol–water partition coefficient (Wildman–Crippen LogP) is 4.21. The maximum absolute atomic E-state index is 13.4. The van der Waals surface area contributed by atoms with E-state index >= 15 is 0 Å². The molecule has 0 amide bonds. The lowest BCUT2D eigenvalue weighted by Gasteiger charge is -2.38. The standard InChI is InChI=1S/C23H24FN3O3/c1-12-18(22(29)30-4)19(20-16(26-12)9-23(2,3)10-17(20)28)15-11-25-27-21(15)13-5-7-14(24)8-6-13/h5-8,11,18-19H,9-10H2,1-4H3,(H,25,27)/t18?,19-/m0/s1. The molecule has 2 aromatic rings. The van der Waals surface area contributed by atoms with Crippen molar-refractivity contribution in [1.82, 2.24) is 10.2 Å². The van der Waals surface area contributed by atoms with Gasteiger partial charge in [-0.15, -0.1) is 0 Å². The molecule has 7 heteroatoms. The van der Waals surface area contributed by atoms with Crippen LogP contribution in [0.25, 0.3) is 11.3 Å². The second kappa shape index (κ2) is 7.31. The highest BCUT2D eigenvalue weighted by atomic mass is 19.1. The Balaban J connectivity index is 1.91. The van der Waals surface area contributed by atoms with Gasteiger partial charge in [-0.2, -0.15) is 5.10 Å². The van der Waals surface area contributed by atoms with Gasteiger partial charge in [-0.3, -0.25) is 19.7 Å². The Morgan fingerprint density at radius 1 is 1.23 bits per heavy atom. The number of carbonyl (C=O) groups is 2. The van der Waals surface area contributed by atoms with Gasteiger partial charge in [0.1, 0.15) is 11.7 Å². The Hall–Kier alpha value is -3.09. The topological polar surface area (TPSA) is 84.4 Å². The Morgan fingerprint density at radius 3 is 2.60 bits per heavy atom. The van der Waals surface area contributed by atoms with Crippen LogP contribution in [0.5, 0.6) is 0 Å². The van der Waals surface area contributed by atoms with Gasteiger partial charge in [-0.05, 0) is 43.0 Å². The van der Waals surface area contributed by atoms with Crippen molar-refractivity contribution in [2.75, 3.05) is 7.11 Å². The lowest BCUT2D eigenvalue weighted by Crippen LogP contribution is -2.39. The van der Waals surface area contributed by atoms with E-state index in [0.29, 0.717) is 35.4 Å². The van der Waals surface area contributed by atoms with E-state index in [0.717, 1.165) is 11.3 Å². The van der Waals surface area contributed by atoms with Crippen molar-refractivity contribution in [2.45, 2.75) is 39.5 Å². The third kappa shape index (κ3) is 3.38. The van der Waals surface area contributed by atoms with Crippen LogP contribution in [0.4, 0.5) is 4.39 Å². The number of benzene rings is 1. The van der Waals surface area contributed by atoms with Crippen LogP contribution in [0.1, 0.15) is 45.1 Å². The number of aromatic nitrogens is 2. The van der Waals surface area contributed by atoms with Crippen LogP contribution >= 0.6 is 0 Å². The van der Waals surface area contributed by atoms with Gasteiger partial charge in [0, 0.05) is 40.4 Å². The first kappa shape index (κ1) is 20.2. The molecular formula is C23H24FN3O3. The molecule has 6 nitrogen and oxygen atoms in total. The molecule has 1 aliphatic heterocycles. The second-order valence-electron chi connectivity index (χ2n) is 8.74. The third-order valence-electron chi connectivity index (χ3n) is 5.89. The SMILES string of the molecule is COC(=O)C1C(C)=NC2=C(C(=O)CC(C)(C)C2)[C@H]1c1cn[nH]c1-c1ccc(F)cc1. The van der Waals surface area contributed by atoms with Gasteiger partial charge < -0.3 is 4.74 Å². The van der Waals surface area contributed by atoms with E-state index in [2.05, 4.69) is 15.2 Å². The molecule has 0 fully saturated rings. The summed E-state index contributed by atoms with van der Waals surface area (Å²) in [5, 5.41) is 7.15. The van der Waals surface area contributed by atoms with E-state index in [1.54, 1.807) is 25.3 Å². The average molecular weight is 409 g/mol. The first-order valence-electron chi connectivity index (χ1n) is 9.90. The van der Waals surface area contributed by atoms with E-state index < -0.39 is 17.8 Å². The van der Waals surface area contributed by atoms with Gasteiger partial charge in [-0.1, -0.05) is 13.8 Å². The number of Topliss-reactive ketones (excluding diaryl/α,β-unsaturated/α-hetero) is 1. The van der Waals surface area contributed by atoms with Crippen LogP contribution in [0.15, 0.2) is 46.7 Å². The van der Waals surface area contributed by atoms with Crippen molar-refractivity contribution < 1.29 is 18.7 Å². The molecule has 1 unspecified atom stereocenters. The molecule has 156 valence electrons. The predicted molar refractivity (Wildman–Crippen MR) is 110 cm³/mol. The van der Waals surface area contributed by atoms with Crippen molar-refractivity contribution in [2.24, 2.45) is 16.3 Å². The number of aliphatic imine (C=N–C) groups is 1. The molecule has 0 spiro atoms. The van der Waals surface area contributed by atoms with E-state index in [4.69, 9.17) is 4.74 Å². The highest BCUT2D eigenvalue weighted by molar-refractivity contribution is 6.09. The fourth-order valence-corrected chi connectivity index (χ4v) is 4.59. The lowest BCUT2D eigenvalue weighted by molar-refractivity contribution is -0.143. The molecular weight excluding hydrogens is 385 g/mol. The van der Waals surface area contributed by atoms with E-state index in [-0.39, 0.29) is 17.0 Å². The number of halogens is 1. The quantitative estimate of drug-likeness (QED) is 0.770. The van der Waals surface area contributed by atoms with Gasteiger partial charge in [0.25, 0.3) is 0 Å². The summed E-state index contributed by atoms with van der Waals surface area (Å²) in [7, 11) is 1.33. The molecule has 1 N–H and O–H groups in total. The number of H-pyrrole nitrogens is 1. The number of carbonyl (C=O) groups excluding carboxylic acids is 2. The minimum atomic E-state index is -0.726. The van der Waals surface area contributed by atoms with Crippen molar-refractivity contribution in [1.29, 1.82) is 0 Å². The minimum absolute atomic E-state index is 0.0114. The zero-order valence-corrected chi connectivity index (χ0v) is 17.5. The summed E-state index contributed by atoms with van der Waals surface area (Å²) in [5.74, 6) is -2.09. The first-order chi connectivity index (χ1) is 14.2. The number of hydrogen-bond donors (Lipinski definition) is 1. The number of ether oxygens (including phenoxy) is 1. The average Bonchev–Trinajstić information content (AvgIpc) is 3.15. The molecule has 2 aliphatic rings. The van der Waals surface area contributed by atoms with Gasteiger partial charge >= 0.3 is 5.97 Å². The zero-order valence-electron chi connectivity index (χ0n) is 17.5. The number of allylic oxidation sites excluding steroid dienone is 2. The second-order valence-corrected chi connectivity index (χ2v) is 8.74. The van der Waals surface area contributed by atoms with Crippen molar-refractivity contribution in [3.05, 3.63) is 53.1 Å². The number of hydrogen-bond acceptors (Lipinski definition) is 5. The molecule has 0 bridgehead atoms. The summed E-state index contributed by atoms with van der Waals surface area (Å²) in [5.41, 5.74) is 3.77. The van der Waals surface area contributed by atoms with Crippen LogP contribution in [0, 0.1) is 17.2 Å². The van der Waals surface area contributed by atoms with Crippen molar-refractivity contribution in [3.63, 3.8) is 0 Å². The minimum Gasteiger partial charge on any atom is -0.468 e. The van der Waals surface area contributed by atoms with Crippen LogP contribution in [0.2, 0.25) is 0 Å². The Kier molecular flexibility index (Phi) is 4.92. The molecule has 1 aliphatic carbocycles. The molecule has 2 heterocycles. The molecule has 30 heavy (non-hydrogen) atoms. The third-order valence-corrected chi connectivity index (χ3v) is 5.89. The fraction of sp³-hybridized carbons (Fsp3) is 0.391. The Labute approximate surface area is 174 Å². The summed E-state index contributed by atoms with van der Waals surface area (Å²) < 4.78 is 18.5. The monoisotopic (exact) mass is 409 g/mol. The molecule has 0 saturated heterocycles. The van der Waals surface area contributed by atoms with Crippen LogP contribution in [0.3, 0.4) is 0 Å². The van der Waals surface area contributed by atoms with E-state index in [9.17, 15) is 14.0 Å². The first-order valence-corrected chi connectivity index (χ1v) is 9.90. The van der Waals surface area contributed by atoms with Crippen LogP contribution < -0.4 is 0 Å². The molecule has 0 saturated carbocycles. The van der Waals surface area contributed by atoms with Gasteiger partial charge in [-0.25, -0.2) is 4.39 Å². The van der Waals surface area contributed by atoms with E-state index in [1.807, 2.05) is 13.8 Å². The maximum atomic E-state index is 13.4. The summed E-state index contributed by atoms with van der Waals surface area (Å²) in [6.45, 7) is 5.88. The van der Waals surface area contributed by atoms with Gasteiger partial charge in [0.05, 0.1) is 19.0 Å². The number of aromatic amines is 1. The summed E-state index contributed by atoms with van der Waals surface area (Å²) in [6, 6.07) is 6.02.